The highest BCUT2D eigenvalue weighted by atomic mass is 16.4. The van der Waals surface area contributed by atoms with Crippen molar-refractivity contribution < 1.29 is 9.90 Å². The Hall–Kier alpha value is -1.51. The van der Waals surface area contributed by atoms with Crippen LogP contribution in [0.2, 0.25) is 0 Å². The second-order valence-corrected chi connectivity index (χ2v) is 7.44. The van der Waals surface area contributed by atoms with E-state index in [1.54, 1.807) is 0 Å². The van der Waals surface area contributed by atoms with Crippen molar-refractivity contribution in [3.63, 3.8) is 0 Å². The molecule has 148 valence electrons. The summed E-state index contributed by atoms with van der Waals surface area (Å²) in [5.74, 6) is -0.780. The molecule has 0 saturated heterocycles. The number of carboxylic acids is 1. The van der Waals surface area contributed by atoms with Crippen molar-refractivity contribution in [2.24, 2.45) is 0 Å². The Balaban J connectivity index is 1.87. The Kier molecular flexibility index (Phi) is 13.6. The summed E-state index contributed by atoms with van der Waals surface area (Å²) in [7, 11) is 0. The van der Waals surface area contributed by atoms with Gasteiger partial charge in [-0.15, -0.1) is 0 Å². The average Bonchev–Trinajstić information content (AvgIpc) is 2.63. The van der Waals surface area contributed by atoms with Crippen LogP contribution in [-0.4, -0.2) is 17.6 Å². The zero-order chi connectivity index (χ0) is 18.9. The molecule has 0 unspecified atom stereocenters. The van der Waals surface area contributed by atoms with Gasteiger partial charge in [-0.1, -0.05) is 96.1 Å². The van der Waals surface area contributed by atoms with Gasteiger partial charge in [-0.05, 0) is 24.1 Å². The molecule has 0 aliphatic rings. The molecule has 0 saturated carbocycles. The molecule has 0 heterocycles. The fourth-order valence-corrected chi connectivity index (χ4v) is 3.29. The first-order chi connectivity index (χ1) is 12.7. The van der Waals surface area contributed by atoms with Crippen LogP contribution in [0.3, 0.4) is 0 Å². The predicted octanol–water partition coefficient (Wildman–Crippen LogP) is 6.82. The molecule has 0 amide bonds. The maximum Gasteiger partial charge on any atom is 0.307 e. The normalized spacial score (nSPS) is 10.8. The molecule has 0 radical (unpaired) electrons. The highest BCUT2D eigenvalue weighted by Gasteiger charge is 2.00. The van der Waals surface area contributed by atoms with E-state index in [1.807, 2.05) is 24.3 Å². The monoisotopic (exact) mass is 361 g/mol. The SMILES string of the molecule is CCCCCCCCCCCCCCCNc1ccc(CC(=O)O)cc1. The van der Waals surface area contributed by atoms with Gasteiger partial charge in [-0.3, -0.25) is 4.79 Å². The Morgan fingerprint density at radius 3 is 1.69 bits per heavy atom. The number of rotatable bonds is 17. The molecular formula is C23H39NO2. The van der Waals surface area contributed by atoms with Crippen molar-refractivity contribution in [1.82, 2.24) is 0 Å². The summed E-state index contributed by atoms with van der Waals surface area (Å²) in [6.45, 7) is 3.27. The third-order valence-corrected chi connectivity index (χ3v) is 4.92. The number of anilines is 1. The van der Waals surface area contributed by atoms with Crippen molar-refractivity contribution in [2.45, 2.75) is 96.8 Å². The van der Waals surface area contributed by atoms with Gasteiger partial charge in [-0.25, -0.2) is 0 Å². The summed E-state index contributed by atoms with van der Waals surface area (Å²) >= 11 is 0. The van der Waals surface area contributed by atoms with Gasteiger partial charge in [0.25, 0.3) is 0 Å². The molecule has 0 fully saturated rings. The maximum atomic E-state index is 10.7. The molecule has 3 heteroatoms. The van der Waals surface area contributed by atoms with Crippen molar-refractivity contribution in [3.8, 4) is 0 Å². The van der Waals surface area contributed by atoms with Gasteiger partial charge in [0, 0.05) is 12.2 Å². The number of benzene rings is 1. The van der Waals surface area contributed by atoms with Crippen LogP contribution >= 0.6 is 0 Å². The maximum absolute atomic E-state index is 10.7. The zero-order valence-corrected chi connectivity index (χ0v) is 16.8. The summed E-state index contributed by atoms with van der Waals surface area (Å²) < 4.78 is 0. The Morgan fingerprint density at radius 1 is 0.769 bits per heavy atom. The number of hydrogen-bond donors (Lipinski definition) is 2. The van der Waals surface area contributed by atoms with E-state index in [0.29, 0.717) is 0 Å². The number of unbranched alkanes of at least 4 members (excludes halogenated alkanes) is 12. The van der Waals surface area contributed by atoms with Crippen LogP contribution in [0.25, 0.3) is 0 Å². The van der Waals surface area contributed by atoms with E-state index >= 15 is 0 Å². The molecular weight excluding hydrogens is 322 g/mol. The topological polar surface area (TPSA) is 49.3 Å². The quantitative estimate of drug-likeness (QED) is 0.299. The largest absolute Gasteiger partial charge is 0.481 e. The van der Waals surface area contributed by atoms with Gasteiger partial charge >= 0.3 is 5.97 Å². The van der Waals surface area contributed by atoms with E-state index < -0.39 is 5.97 Å². The second kappa shape index (κ2) is 15.7. The van der Waals surface area contributed by atoms with Gasteiger partial charge < -0.3 is 10.4 Å². The van der Waals surface area contributed by atoms with E-state index in [9.17, 15) is 4.79 Å². The molecule has 0 aliphatic heterocycles. The van der Waals surface area contributed by atoms with Crippen LogP contribution < -0.4 is 5.32 Å². The number of carbonyl (C=O) groups is 1. The lowest BCUT2D eigenvalue weighted by Crippen LogP contribution is -2.03. The fraction of sp³-hybridized carbons (Fsp3) is 0.696. The van der Waals surface area contributed by atoms with Gasteiger partial charge in [0.1, 0.15) is 0 Å². The van der Waals surface area contributed by atoms with Crippen LogP contribution in [0.4, 0.5) is 5.69 Å². The van der Waals surface area contributed by atoms with Crippen molar-refractivity contribution in [3.05, 3.63) is 29.8 Å². The van der Waals surface area contributed by atoms with Crippen LogP contribution in [0.5, 0.6) is 0 Å². The minimum Gasteiger partial charge on any atom is -0.481 e. The molecule has 0 spiro atoms. The molecule has 0 aromatic heterocycles. The predicted molar refractivity (Wildman–Crippen MR) is 112 cm³/mol. The molecule has 1 rings (SSSR count). The number of carboxylic acid groups (broad SMARTS) is 1. The van der Waals surface area contributed by atoms with Crippen LogP contribution in [0.15, 0.2) is 24.3 Å². The first-order valence-electron chi connectivity index (χ1n) is 10.8. The summed E-state index contributed by atoms with van der Waals surface area (Å²) in [6, 6.07) is 7.72. The third kappa shape index (κ3) is 12.8. The molecule has 0 aliphatic carbocycles. The van der Waals surface area contributed by atoms with E-state index in [2.05, 4.69) is 12.2 Å². The van der Waals surface area contributed by atoms with E-state index in [4.69, 9.17) is 5.11 Å². The smallest absolute Gasteiger partial charge is 0.307 e. The van der Waals surface area contributed by atoms with Crippen LogP contribution in [0.1, 0.15) is 96.0 Å². The standard InChI is InChI=1S/C23H39NO2/c1-2-3-4-5-6-7-8-9-10-11-12-13-14-19-24-22-17-15-21(16-18-22)20-23(25)26/h15-18,24H,2-14,19-20H2,1H3,(H,25,26). The summed E-state index contributed by atoms with van der Waals surface area (Å²) in [4.78, 5) is 10.7. The molecule has 3 nitrogen and oxygen atoms in total. The van der Waals surface area contributed by atoms with Crippen molar-refractivity contribution in [1.29, 1.82) is 0 Å². The van der Waals surface area contributed by atoms with Gasteiger partial charge in [0.2, 0.25) is 0 Å². The lowest BCUT2D eigenvalue weighted by atomic mass is 10.0. The third-order valence-electron chi connectivity index (χ3n) is 4.92. The molecule has 1 aromatic rings. The van der Waals surface area contributed by atoms with Crippen LogP contribution in [-0.2, 0) is 11.2 Å². The van der Waals surface area contributed by atoms with E-state index in [1.165, 1.54) is 83.5 Å². The first kappa shape index (κ1) is 22.5. The Morgan fingerprint density at radius 2 is 1.23 bits per heavy atom. The lowest BCUT2D eigenvalue weighted by Gasteiger charge is -2.07. The van der Waals surface area contributed by atoms with Crippen molar-refractivity contribution >= 4 is 11.7 Å². The van der Waals surface area contributed by atoms with Gasteiger partial charge in [0.05, 0.1) is 6.42 Å². The molecule has 2 N–H and O–H groups in total. The fourth-order valence-electron chi connectivity index (χ4n) is 3.29. The highest BCUT2D eigenvalue weighted by molar-refractivity contribution is 5.70. The van der Waals surface area contributed by atoms with Gasteiger partial charge in [0.15, 0.2) is 0 Å². The number of hydrogen-bond acceptors (Lipinski definition) is 2. The minimum absolute atomic E-state index is 0.0964. The zero-order valence-electron chi connectivity index (χ0n) is 16.8. The minimum atomic E-state index is -0.780. The Bertz CT molecular complexity index is 456. The van der Waals surface area contributed by atoms with E-state index in [-0.39, 0.29) is 6.42 Å². The second-order valence-electron chi connectivity index (χ2n) is 7.44. The summed E-state index contributed by atoms with van der Waals surface area (Å²) in [6.07, 6.45) is 18.0. The summed E-state index contributed by atoms with van der Waals surface area (Å²) in [5.41, 5.74) is 1.93. The highest BCUT2D eigenvalue weighted by Crippen LogP contribution is 2.13. The van der Waals surface area contributed by atoms with Gasteiger partial charge in [-0.2, -0.15) is 0 Å². The Labute approximate surface area is 160 Å². The number of aliphatic carboxylic acids is 1. The summed E-state index contributed by atoms with van der Waals surface area (Å²) in [5, 5.41) is 12.2. The lowest BCUT2D eigenvalue weighted by molar-refractivity contribution is -0.136. The molecule has 26 heavy (non-hydrogen) atoms. The average molecular weight is 362 g/mol. The molecule has 0 atom stereocenters. The molecule has 1 aromatic carbocycles. The molecule has 0 bridgehead atoms. The van der Waals surface area contributed by atoms with E-state index in [0.717, 1.165) is 17.8 Å². The van der Waals surface area contributed by atoms with Crippen molar-refractivity contribution in [2.75, 3.05) is 11.9 Å². The number of nitrogens with one attached hydrogen (secondary N) is 1. The van der Waals surface area contributed by atoms with Crippen LogP contribution in [0, 0.1) is 0 Å². The first-order valence-corrected chi connectivity index (χ1v) is 10.8.